The van der Waals surface area contributed by atoms with Crippen molar-refractivity contribution >= 4 is 11.6 Å². The van der Waals surface area contributed by atoms with Crippen molar-refractivity contribution in [2.75, 3.05) is 32.7 Å². The third kappa shape index (κ3) is 4.09. The van der Waals surface area contributed by atoms with Gasteiger partial charge in [0.15, 0.2) is 11.5 Å². The summed E-state index contributed by atoms with van der Waals surface area (Å²) in [6.45, 7) is 11.6. The lowest BCUT2D eigenvalue weighted by molar-refractivity contribution is -0.132. The van der Waals surface area contributed by atoms with Crippen LogP contribution in [0.3, 0.4) is 0 Å². The number of amides is 1. The number of piperazine rings is 1. The van der Waals surface area contributed by atoms with Gasteiger partial charge in [0.2, 0.25) is 5.91 Å². The molecule has 1 fully saturated rings. The van der Waals surface area contributed by atoms with Crippen LogP contribution in [0.1, 0.15) is 29.0 Å². The maximum absolute atomic E-state index is 12.8. The smallest absolute Gasteiger partial charge is 0.227 e. The molecular formula is C23H24N8O. The summed E-state index contributed by atoms with van der Waals surface area (Å²) >= 11 is 0. The highest BCUT2D eigenvalue weighted by Crippen LogP contribution is 2.38. The SMILES string of the molecule is [C-]#[N+]c1cccc2c1CCC2CN1CCN(C(=O)Cc2ccc(-n3cnnn3)nc2)CC1. The number of benzene rings is 1. The predicted molar refractivity (Wildman–Crippen MR) is 117 cm³/mol. The Labute approximate surface area is 186 Å². The van der Waals surface area contributed by atoms with Gasteiger partial charge in [-0.2, -0.15) is 4.68 Å². The Kier molecular flexibility index (Phi) is 5.60. The van der Waals surface area contributed by atoms with Crippen LogP contribution >= 0.6 is 0 Å². The van der Waals surface area contributed by atoms with Crippen molar-refractivity contribution < 1.29 is 4.79 Å². The second-order valence-electron chi connectivity index (χ2n) is 8.33. The van der Waals surface area contributed by atoms with E-state index in [-0.39, 0.29) is 5.91 Å². The van der Waals surface area contributed by atoms with Crippen molar-refractivity contribution in [2.45, 2.75) is 25.2 Å². The second-order valence-corrected chi connectivity index (χ2v) is 8.33. The molecule has 0 saturated carbocycles. The molecule has 3 heterocycles. The van der Waals surface area contributed by atoms with Gasteiger partial charge in [0, 0.05) is 38.9 Å². The summed E-state index contributed by atoms with van der Waals surface area (Å²) in [7, 11) is 0. The third-order valence-electron chi connectivity index (χ3n) is 6.44. The number of hydrogen-bond donors (Lipinski definition) is 0. The first-order valence-corrected chi connectivity index (χ1v) is 10.9. The molecule has 9 nitrogen and oxygen atoms in total. The van der Waals surface area contributed by atoms with Gasteiger partial charge in [-0.1, -0.05) is 29.8 Å². The molecule has 0 N–H and O–H groups in total. The van der Waals surface area contributed by atoms with Gasteiger partial charge < -0.3 is 4.90 Å². The van der Waals surface area contributed by atoms with Crippen LogP contribution in [0, 0.1) is 6.57 Å². The molecule has 2 aliphatic rings. The summed E-state index contributed by atoms with van der Waals surface area (Å²) in [5.74, 6) is 1.24. The molecule has 1 amide bonds. The van der Waals surface area contributed by atoms with E-state index in [1.165, 1.54) is 22.1 Å². The average Bonchev–Trinajstić information content (AvgIpc) is 3.51. The Hall–Kier alpha value is -3.64. The minimum atomic E-state index is 0.134. The van der Waals surface area contributed by atoms with E-state index in [0.717, 1.165) is 56.8 Å². The van der Waals surface area contributed by atoms with Crippen molar-refractivity contribution in [3.05, 3.63) is 71.0 Å². The van der Waals surface area contributed by atoms with Crippen LogP contribution in [-0.4, -0.2) is 73.6 Å². The maximum atomic E-state index is 12.8. The van der Waals surface area contributed by atoms with Gasteiger partial charge in [-0.15, -0.1) is 5.10 Å². The van der Waals surface area contributed by atoms with Crippen molar-refractivity contribution in [3.63, 3.8) is 0 Å². The number of carbonyl (C=O) groups is 1. The highest BCUT2D eigenvalue weighted by Gasteiger charge is 2.28. The highest BCUT2D eigenvalue weighted by molar-refractivity contribution is 5.78. The standard InChI is InChI=1S/C23H24N8O/c1-24-21-4-2-3-19-18(6-7-20(19)21)15-29-9-11-30(12-10-29)23(32)13-17-5-8-22(25-14-17)31-16-26-27-28-31/h2-5,8,14,16,18H,6-7,9-13,15H2. The molecule has 1 saturated heterocycles. The molecular weight excluding hydrogens is 404 g/mol. The normalized spacial score (nSPS) is 18.3. The molecule has 1 atom stereocenters. The van der Waals surface area contributed by atoms with Crippen molar-refractivity contribution in [2.24, 2.45) is 0 Å². The minimum Gasteiger partial charge on any atom is -0.340 e. The van der Waals surface area contributed by atoms with E-state index in [2.05, 4.69) is 36.3 Å². The summed E-state index contributed by atoms with van der Waals surface area (Å²) < 4.78 is 1.48. The first-order valence-electron chi connectivity index (χ1n) is 10.9. The van der Waals surface area contributed by atoms with Crippen LogP contribution in [0.2, 0.25) is 0 Å². The number of tetrazole rings is 1. The van der Waals surface area contributed by atoms with E-state index in [1.54, 1.807) is 6.20 Å². The molecule has 5 rings (SSSR count). The molecule has 0 radical (unpaired) electrons. The first kappa shape index (κ1) is 20.3. The van der Waals surface area contributed by atoms with Gasteiger partial charge in [0.25, 0.3) is 0 Å². The van der Waals surface area contributed by atoms with E-state index < -0.39 is 0 Å². The van der Waals surface area contributed by atoms with E-state index in [1.807, 2.05) is 29.2 Å². The number of hydrogen-bond acceptors (Lipinski definition) is 6. The minimum absolute atomic E-state index is 0.134. The molecule has 1 unspecified atom stereocenters. The van der Waals surface area contributed by atoms with E-state index in [9.17, 15) is 4.79 Å². The predicted octanol–water partition coefficient (Wildman–Crippen LogP) is 2.02. The van der Waals surface area contributed by atoms with Gasteiger partial charge in [-0.25, -0.2) is 9.83 Å². The lowest BCUT2D eigenvalue weighted by Crippen LogP contribution is -2.49. The largest absolute Gasteiger partial charge is 0.340 e. The summed E-state index contributed by atoms with van der Waals surface area (Å²) in [6.07, 6.45) is 5.64. The summed E-state index contributed by atoms with van der Waals surface area (Å²) in [5.41, 5.74) is 4.27. The first-order chi connectivity index (χ1) is 15.7. The quantitative estimate of drug-likeness (QED) is 0.578. The zero-order valence-corrected chi connectivity index (χ0v) is 17.8. The van der Waals surface area contributed by atoms with Crippen LogP contribution < -0.4 is 0 Å². The highest BCUT2D eigenvalue weighted by atomic mass is 16.2. The summed E-state index contributed by atoms with van der Waals surface area (Å²) in [6, 6.07) is 9.82. The average molecular weight is 429 g/mol. The zero-order valence-electron chi connectivity index (χ0n) is 17.8. The number of pyridine rings is 1. The fourth-order valence-corrected chi connectivity index (χ4v) is 4.72. The number of carbonyl (C=O) groups excluding carboxylic acids is 1. The van der Waals surface area contributed by atoms with Gasteiger partial charge in [0.05, 0.1) is 13.0 Å². The lowest BCUT2D eigenvalue weighted by atomic mass is 9.99. The van der Waals surface area contributed by atoms with Gasteiger partial charge in [-0.3, -0.25) is 9.69 Å². The topological polar surface area (TPSA) is 84.4 Å². The Morgan fingerprint density at radius 1 is 1.16 bits per heavy atom. The van der Waals surface area contributed by atoms with Gasteiger partial charge in [-0.05, 0) is 46.4 Å². The molecule has 0 bridgehead atoms. The Bertz CT molecular complexity index is 1130. The molecule has 0 spiro atoms. The number of aromatic nitrogens is 5. The van der Waals surface area contributed by atoms with Crippen LogP contribution in [0.15, 0.2) is 42.9 Å². The summed E-state index contributed by atoms with van der Waals surface area (Å²) in [4.78, 5) is 25.2. The Balaban J connectivity index is 1.13. The second kappa shape index (κ2) is 8.85. The van der Waals surface area contributed by atoms with Crippen LogP contribution in [0.5, 0.6) is 0 Å². The number of rotatable bonds is 5. The van der Waals surface area contributed by atoms with E-state index in [4.69, 9.17) is 6.57 Å². The molecule has 9 heteroatoms. The summed E-state index contributed by atoms with van der Waals surface area (Å²) in [5, 5.41) is 11.0. The molecule has 1 aromatic carbocycles. The van der Waals surface area contributed by atoms with E-state index in [0.29, 0.717) is 18.2 Å². The monoisotopic (exact) mass is 428 g/mol. The molecule has 3 aromatic rings. The molecule has 1 aliphatic carbocycles. The van der Waals surface area contributed by atoms with Crippen molar-refractivity contribution in [3.8, 4) is 5.82 Å². The van der Waals surface area contributed by atoms with E-state index >= 15 is 0 Å². The Morgan fingerprint density at radius 3 is 2.75 bits per heavy atom. The lowest BCUT2D eigenvalue weighted by Gasteiger charge is -2.36. The molecule has 32 heavy (non-hydrogen) atoms. The molecule has 2 aromatic heterocycles. The Morgan fingerprint density at radius 2 is 2.03 bits per heavy atom. The number of fused-ring (bicyclic) bond motifs is 1. The van der Waals surface area contributed by atoms with Crippen LogP contribution in [0.4, 0.5) is 5.69 Å². The number of nitrogens with zero attached hydrogens (tertiary/aromatic N) is 8. The zero-order chi connectivity index (χ0) is 21.9. The fraction of sp³-hybridized carbons (Fsp3) is 0.391. The van der Waals surface area contributed by atoms with Gasteiger partial charge in [0.1, 0.15) is 6.33 Å². The maximum Gasteiger partial charge on any atom is 0.227 e. The van der Waals surface area contributed by atoms with Gasteiger partial charge >= 0.3 is 0 Å². The third-order valence-corrected chi connectivity index (χ3v) is 6.44. The fourth-order valence-electron chi connectivity index (χ4n) is 4.72. The van der Waals surface area contributed by atoms with Crippen molar-refractivity contribution in [1.29, 1.82) is 0 Å². The molecule has 162 valence electrons. The van der Waals surface area contributed by atoms with Crippen LogP contribution in [-0.2, 0) is 17.6 Å². The van der Waals surface area contributed by atoms with Crippen molar-refractivity contribution in [1.82, 2.24) is 35.0 Å². The molecule has 1 aliphatic heterocycles. The van der Waals surface area contributed by atoms with Crippen LogP contribution in [0.25, 0.3) is 10.7 Å².